The third-order valence-electron chi connectivity index (χ3n) is 4.22. The fraction of sp³-hybridized carbons (Fsp3) is 0.500. The van der Waals surface area contributed by atoms with Crippen LogP contribution in [-0.4, -0.2) is 38.7 Å². The second-order valence-electron chi connectivity index (χ2n) is 6.06. The van der Waals surface area contributed by atoms with E-state index in [4.69, 9.17) is 0 Å². The summed E-state index contributed by atoms with van der Waals surface area (Å²) in [7, 11) is 0. The highest BCUT2D eigenvalue weighted by atomic mass is 16.1. The van der Waals surface area contributed by atoms with E-state index in [0.717, 1.165) is 42.4 Å². The summed E-state index contributed by atoms with van der Waals surface area (Å²) < 4.78 is 1.93. The molecule has 1 aliphatic rings. The summed E-state index contributed by atoms with van der Waals surface area (Å²) in [5.41, 5.74) is 2.17. The molecule has 1 saturated heterocycles. The molecule has 0 unspecified atom stereocenters. The number of hydrogen-bond acceptors (Lipinski definition) is 5. The average molecular weight is 314 g/mol. The molecule has 1 N–H and O–H groups in total. The van der Waals surface area contributed by atoms with Gasteiger partial charge in [0, 0.05) is 43.5 Å². The van der Waals surface area contributed by atoms with E-state index >= 15 is 0 Å². The van der Waals surface area contributed by atoms with Crippen LogP contribution in [-0.2, 0) is 4.79 Å². The van der Waals surface area contributed by atoms with Crippen molar-refractivity contribution in [2.75, 3.05) is 23.3 Å². The van der Waals surface area contributed by atoms with Gasteiger partial charge in [-0.3, -0.25) is 9.48 Å². The number of aryl methyl sites for hydroxylation is 2. The van der Waals surface area contributed by atoms with Gasteiger partial charge in [-0.25, -0.2) is 9.97 Å². The molecule has 2 aromatic rings. The molecular weight excluding hydrogens is 292 g/mol. The lowest BCUT2D eigenvalue weighted by atomic mass is 10.2. The van der Waals surface area contributed by atoms with Crippen molar-refractivity contribution in [1.29, 1.82) is 0 Å². The molecule has 1 aliphatic heterocycles. The Labute approximate surface area is 135 Å². The van der Waals surface area contributed by atoms with E-state index < -0.39 is 0 Å². The number of carbonyl (C=O) groups is 1. The monoisotopic (exact) mass is 314 g/mol. The van der Waals surface area contributed by atoms with Crippen LogP contribution >= 0.6 is 0 Å². The molecule has 2 aromatic heterocycles. The first kappa shape index (κ1) is 15.5. The van der Waals surface area contributed by atoms with E-state index in [-0.39, 0.29) is 11.9 Å². The van der Waals surface area contributed by atoms with Crippen molar-refractivity contribution in [2.45, 2.75) is 40.2 Å². The summed E-state index contributed by atoms with van der Waals surface area (Å²) >= 11 is 0. The molecule has 0 radical (unpaired) electrons. The van der Waals surface area contributed by atoms with Crippen LogP contribution in [0.4, 0.5) is 11.6 Å². The molecule has 3 heterocycles. The zero-order valence-electron chi connectivity index (χ0n) is 14.0. The maximum atomic E-state index is 11.1. The highest BCUT2D eigenvalue weighted by Gasteiger charge is 2.27. The number of rotatable bonds is 3. The molecule has 122 valence electrons. The summed E-state index contributed by atoms with van der Waals surface area (Å²) in [6.45, 7) is 9.30. The van der Waals surface area contributed by atoms with Gasteiger partial charge in [-0.15, -0.1) is 0 Å². The standard InChI is InChI=1S/C16H22N6O/c1-10-11(2)17-12(3)18-16(10)21-7-5-14(9-21)22-8-6-15(20-22)19-13(4)23/h6,8,14H,5,7,9H2,1-4H3,(H,19,20,23)/t14-/m0/s1. The summed E-state index contributed by atoms with van der Waals surface area (Å²) in [4.78, 5) is 22.4. The zero-order chi connectivity index (χ0) is 16.6. The molecular formula is C16H22N6O. The zero-order valence-corrected chi connectivity index (χ0v) is 14.0. The van der Waals surface area contributed by atoms with Crippen molar-refractivity contribution in [3.8, 4) is 0 Å². The van der Waals surface area contributed by atoms with E-state index in [1.165, 1.54) is 6.92 Å². The van der Waals surface area contributed by atoms with E-state index in [1.54, 1.807) is 0 Å². The lowest BCUT2D eigenvalue weighted by Gasteiger charge is -2.21. The number of carbonyl (C=O) groups excluding carboxylic acids is 1. The summed E-state index contributed by atoms with van der Waals surface area (Å²) in [5, 5.41) is 7.15. The Kier molecular flexibility index (Phi) is 4.02. The third kappa shape index (κ3) is 3.18. The lowest BCUT2D eigenvalue weighted by molar-refractivity contribution is -0.114. The van der Waals surface area contributed by atoms with Crippen molar-refractivity contribution in [2.24, 2.45) is 0 Å². The Balaban J connectivity index is 1.76. The van der Waals surface area contributed by atoms with E-state index in [9.17, 15) is 4.79 Å². The van der Waals surface area contributed by atoms with E-state index in [1.807, 2.05) is 30.8 Å². The van der Waals surface area contributed by atoms with Crippen LogP contribution in [0.2, 0.25) is 0 Å². The topological polar surface area (TPSA) is 75.9 Å². The SMILES string of the molecule is CC(=O)Nc1ccn([C@H]2CCN(c3nc(C)nc(C)c3C)C2)n1. The third-order valence-corrected chi connectivity index (χ3v) is 4.22. The Morgan fingerprint density at radius 1 is 1.30 bits per heavy atom. The Bertz CT molecular complexity index is 738. The van der Waals surface area contributed by atoms with Crippen LogP contribution in [0.25, 0.3) is 0 Å². The molecule has 3 rings (SSSR count). The fourth-order valence-corrected chi connectivity index (χ4v) is 3.00. The second kappa shape index (κ2) is 5.98. The number of amides is 1. The first-order chi connectivity index (χ1) is 10.9. The maximum Gasteiger partial charge on any atom is 0.222 e. The normalized spacial score (nSPS) is 17.6. The van der Waals surface area contributed by atoms with Gasteiger partial charge < -0.3 is 10.2 Å². The highest BCUT2D eigenvalue weighted by molar-refractivity contribution is 5.87. The molecule has 0 aliphatic carbocycles. The first-order valence-corrected chi connectivity index (χ1v) is 7.83. The fourth-order valence-electron chi connectivity index (χ4n) is 3.00. The quantitative estimate of drug-likeness (QED) is 0.938. The molecule has 0 bridgehead atoms. The molecule has 7 nitrogen and oxygen atoms in total. The van der Waals surface area contributed by atoms with Crippen molar-refractivity contribution in [3.05, 3.63) is 29.3 Å². The van der Waals surface area contributed by atoms with Gasteiger partial charge in [-0.05, 0) is 27.2 Å². The second-order valence-corrected chi connectivity index (χ2v) is 6.06. The van der Waals surface area contributed by atoms with Gasteiger partial charge in [-0.1, -0.05) is 0 Å². The Morgan fingerprint density at radius 3 is 2.83 bits per heavy atom. The average Bonchev–Trinajstić information content (AvgIpc) is 3.11. The first-order valence-electron chi connectivity index (χ1n) is 7.83. The van der Waals surface area contributed by atoms with Crippen LogP contribution in [0, 0.1) is 20.8 Å². The van der Waals surface area contributed by atoms with Crippen LogP contribution < -0.4 is 10.2 Å². The molecule has 7 heteroatoms. The van der Waals surface area contributed by atoms with Crippen LogP contribution in [0.15, 0.2) is 12.3 Å². The smallest absolute Gasteiger partial charge is 0.222 e. The lowest BCUT2D eigenvalue weighted by Crippen LogP contribution is -2.24. The van der Waals surface area contributed by atoms with Gasteiger partial charge in [0.15, 0.2) is 5.82 Å². The minimum Gasteiger partial charge on any atom is -0.354 e. The van der Waals surface area contributed by atoms with Crippen LogP contribution in [0.3, 0.4) is 0 Å². The van der Waals surface area contributed by atoms with Gasteiger partial charge in [0.25, 0.3) is 0 Å². The molecule has 1 fully saturated rings. The maximum absolute atomic E-state index is 11.1. The number of nitrogens with zero attached hydrogens (tertiary/aromatic N) is 5. The van der Waals surface area contributed by atoms with Gasteiger partial charge in [-0.2, -0.15) is 5.10 Å². The molecule has 1 atom stereocenters. The summed E-state index contributed by atoms with van der Waals surface area (Å²) in [5.74, 6) is 2.32. The Hall–Kier alpha value is -2.44. The number of hydrogen-bond donors (Lipinski definition) is 1. The van der Waals surface area contributed by atoms with Gasteiger partial charge in [0.2, 0.25) is 5.91 Å². The molecule has 23 heavy (non-hydrogen) atoms. The van der Waals surface area contributed by atoms with Crippen molar-refractivity contribution < 1.29 is 4.79 Å². The Morgan fingerprint density at radius 2 is 2.09 bits per heavy atom. The molecule has 0 saturated carbocycles. The van der Waals surface area contributed by atoms with Gasteiger partial charge in [0.05, 0.1) is 6.04 Å². The molecule has 0 aromatic carbocycles. The summed E-state index contributed by atoms with van der Waals surface area (Å²) in [6.07, 6.45) is 2.92. The van der Waals surface area contributed by atoms with E-state index in [0.29, 0.717) is 5.82 Å². The minimum atomic E-state index is -0.106. The number of nitrogens with one attached hydrogen (secondary N) is 1. The summed E-state index contributed by atoms with van der Waals surface area (Å²) in [6, 6.07) is 2.11. The molecule has 1 amide bonds. The van der Waals surface area contributed by atoms with Crippen molar-refractivity contribution in [3.63, 3.8) is 0 Å². The predicted molar refractivity (Wildman–Crippen MR) is 88.6 cm³/mol. The van der Waals surface area contributed by atoms with Crippen LogP contribution in [0.5, 0.6) is 0 Å². The van der Waals surface area contributed by atoms with Crippen LogP contribution in [0.1, 0.15) is 36.5 Å². The van der Waals surface area contributed by atoms with Crippen molar-refractivity contribution >= 4 is 17.5 Å². The number of aromatic nitrogens is 4. The number of anilines is 2. The molecule has 0 spiro atoms. The van der Waals surface area contributed by atoms with Gasteiger partial charge in [0.1, 0.15) is 11.6 Å². The van der Waals surface area contributed by atoms with Gasteiger partial charge >= 0.3 is 0 Å². The van der Waals surface area contributed by atoms with E-state index in [2.05, 4.69) is 32.2 Å². The predicted octanol–water partition coefficient (Wildman–Crippen LogP) is 2.01. The minimum absolute atomic E-state index is 0.106. The van der Waals surface area contributed by atoms with Crippen molar-refractivity contribution in [1.82, 2.24) is 19.7 Å². The highest BCUT2D eigenvalue weighted by Crippen LogP contribution is 2.28. The largest absolute Gasteiger partial charge is 0.354 e.